The van der Waals surface area contributed by atoms with Crippen LogP contribution in [0, 0.1) is 12.7 Å². The number of hydrogen-bond acceptors (Lipinski definition) is 1. The van der Waals surface area contributed by atoms with Crippen molar-refractivity contribution >= 4 is 5.69 Å². The van der Waals surface area contributed by atoms with Crippen molar-refractivity contribution in [3.8, 4) is 0 Å². The standard InChI is InChI=1S/C14H14FN/c1-11-7-12(9-13(15)8-11)10-16-14-5-3-2-4-6-14/h2-9,16H,10H2,1H3. The Balaban J connectivity index is 2.05. The van der Waals surface area contributed by atoms with Gasteiger partial charge in [-0.05, 0) is 42.3 Å². The molecular formula is C14H14FN. The molecule has 82 valence electrons. The summed E-state index contributed by atoms with van der Waals surface area (Å²) in [4.78, 5) is 0. The smallest absolute Gasteiger partial charge is 0.123 e. The van der Waals surface area contributed by atoms with Crippen molar-refractivity contribution in [2.24, 2.45) is 0 Å². The van der Waals surface area contributed by atoms with Crippen molar-refractivity contribution in [1.82, 2.24) is 0 Å². The predicted molar refractivity (Wildman–Crippen MR) is 64.9 cm³/mol. The first-order valence-corrected chi connectivity index (χ1v) is 5.29. The van der Waals surface area contributed by atoms with Crippen LogP contribution in [0.1, 0.15) is 11.1 Å². The van der Waals surface area contributed by atoms with E-state index in [2.05, 4.69) is 5.32 Å². The number of anilines is 1. The predicted octanol–water partition coefficient (Wildman–Crippen LogP) is 3.75. The van der Waals surface area contributed by atoms with Crippen LogP contribution in [-0.4, -0.2) is 0 Å². The average Bonchev–Trinajstić information content (AvgIpc) is 2.27. The van der Waals surface area contributed by atoms with Gasteiger partial charge in [-0.15, -0.1) is 0 Å². The number of para-hydroxylation sites is 1. The number of rotatable bonds is 3. The van der Waals surface area contributed by atoms with E-state index in [1.807, 2.05) is 43.3 Å². The van der Waals surface area contributed by atoms with Crippen LogP contribution in [0.5, 0.6) is 0 Å². The molecule has 2 heteroatoms. The van der Waals surface area contributed by atoms with Crippen LogP contribution in [0.4, 0.5) is 10.1 Å². The Bertz CT molecular complexity index is 445. The second-order valence-corrected chi connectivity index (χ2v) is 3.86. The second kappa shape index (κ2) is 4.79. The maximum Gasteiger partial charge on any atom is 0.123 e. The first kappa shape index (κ1) is 10.7. The Hall–Kier alpha value is -1.83. The van der Waals surface area contributed by atoms with Crippen molar-refractivity contribution < 1.29 is 4.39 Å². The molecule has 0 spiro atoms. The van der Waals surface area contributed by atoms with E-state index in [-0.39, 0.29) is 5.82 Å². The van der Waals surface area contributed by atoms with Gasteiger partial charge in [-0.1, -0.05) is 24.3 Å². The van der Waals surface area contributed by atoms with E-state index in [0.717, 1.165) is 16.8 Å². The van der Waals surface area contributed by atoms with E-state index in [0.29, 0.717) is 6.54 Å². The Morgan fingerprint density at radius 3 is 2.50 bits per heavy atom. The third-order valence-corrected chi connectivity index (χ3v) is 2.37. The van der Waals surface area contributed by atoms with Gasteiger partial charge in [0.1, 0.15) is 5.82 Å². The van der Waals surface area contributed by atoms with E-state index in [4.69, 9.17) is 0 Å². The molecular weight excluding hydrogens is 201 g/mol. The number of hydrogen-bond donors (Lipinski definition) is 1. The molecule has 0 heterocycles. The van der Waals surface area contributed by atoms with Gasteiger partial charge in [0.05, 0.1) is 0 Å². The minimum absolute atomic E-state index is 0.176. The zero-order valence-electron chi connectivity index (χ0n) is 9.20. The average molecular weight is 215 g/mol. The highest BCUT2D eigenvalue weighted by Crippen LogP contribution is 2.11. The number of nitrogens with one attached hydrogen (secondary N) is 1. The van der Waals surface area contributed by atoms with Crippen LogP contribution in [0.15, 0.2) is 48.5 Å². The second-order valence-electron chi connectivity index (χ2n) is 3.86. The molecule has 0 saturated carbocycles. The summed E-state index contributed by atoms with van der Waals surface area (Å²) in [5.41, 5.74) is 2.95. The molecule has 16 heavy (non-hydrogen) atoms. The van der Waals surface area contributed by atoms with Gasteiger partial charge in [0.25, 0.3) is 0 Å². The Morgan fingerprint density at radius 2 is 1.81 bits per heavy atom. The summed E-state index contributed by atoms with van der Waals surface area (Å²) in [6, 6.07) is 15.0. The fourth-order valence-corrected chi connectivity index (χ4v) is 1.67. The van der Waals surface area contributed by atoms with Gasteiger partial charge in [-0.2, -0.15) is 0 Å². The molecule has 1 N–H and O–H groups in total. The molecule has 1 nitrogen and oxygen atoms in total. The third kappa shape index (κ3) is 2.83. The van der Waals surface area contributed by atoms with Crippen LogP contribution in [0.2, 0.25) is 0 Å². The van der Waals surface area contributed by atoms with Gasteiger partial charge in [-0.3, -0.25) is 0 Å². The van der Waals surface area contributed by atoms with E-state index in [9.17, 15) is 4.39 Å². The van der Waals surface area contributed by atoms with Crippen molar-refractivity contribution in [2.45, 2.75) is 13.5 Å². The lowest BCUT2D eigenvalue weighted by Gasteiger charge is -2.07. The van der Waals surface area contributed by atoms with Gasteiger partial charge >= 0.3 is 0 Å². The zero-order valence-corrected chi connectivity index (χ0v) is 9.20. The van der Waals surface area contributed by atoms with Crippen LogP contribution in [-0.2, 0) is 6.54 Å². The quantitative estimate of drug-likeness (QED) is 0.822. The molecule has 2 aromatic carbocycles. The molecule has 0 unspecified atom stereocenters. The van der Waals surface area contributed by atoms with Crippen molar-refractivity contribution in [2.75, 3.05) is 5.32 Å². The van der Waals surface area contributed by atoms with Gasteiger partial charge in [0.15, 0.2) is 0 Å². The molecule has 0 aliphatic heterocycles. The summed E-state index contributed by atoms with van der Waals surface area (Å²) in [5, 5.41) is 3.25. The van der Waals surface area contributed by atoms with Crippen LogP contribution in [0.25, 0.3) is 0 Å². The summed E-state index contributed by atoms with van der Waals surface area (Å²) < 4.78 is 13.1. The SMILES string of the molecule is Cc1cc(F)cc(CNc2ccccc2)c1. The monoisotopic (exact) mass is 215 g/mol. The summed E-state index contributed by atoms with van der Waals surface area (Å²) >= 11 is 0. The zero-order chi connectivity index (χ0) is 11.4. The Kier molecular flexibility index (Phi) is 3.20. The van der Waals surface area contributed by atoms with Gasteiger partial charge in [0, 0.05) is 12.2 Å². The van der Waals surface area contributed by atoms with Crippen LogP contribution >= 0.6 is 0 Å². The molecule has 0 bridgehead atoms. The van der Waals surface area contributed by atoms with Crippen molar-refractivity contribution in [1.29, 1.82) is 0 Å². The normalized spacial score (nSPS) is 10.1. The summed E-state index contributed by atoms with van der Waals surface area (Å²) in [5.74, 6) is -0.176. The first-order valence-electron chi connectivity index (χ1n) is 5.29. The topological polar surface area (TPSA) is 12.0 Å². The van der Waals surface area contributed by atoms with E-state index >= 15 is 0 Å². The Labute approximate surface area is 94.9 Å². The van der Waals surface area contributed by atoms with Crippen molar-refractivity contribution in [3.05, 3.63) is 65.5 Å². The van der Waals surface area contributed by atoms with Gasteiger partial charge in [-0.25, -0.2) is 4.39 Å². The lowest BCUT2D eigenvalue weighted by molar-refractivity contribution is 0.624. The molecule has 2 aromatic rings. The highest BCUT2D eigenvalue weighted by molar-refractivity contribution is 5.43. The minimum Gasteiger partial charge on any atom is -0.381 e. The van der Waals surface area contributed by atoms with E-state index in [1.54, 1.807) is 6.07 Å². The summed E-state index contributed by atoms with van der Waals surface area (Å²) in [6.45, 7) is 2.54. The van der Waals surface area contributed by atoms with Gasteiger partial charge < -0.3 is 5.32 Å². The van der Waals surface area contributed by atoms with Gasteiger partial charge in [0.2, 0.25) is 0 Å². The molecule has 0 atom stereocenters. The molecule has 0 aliphatic carbocycles. The van der Waals surface area contributed by atoms with Crippen LogP contribution in [0.3, 0.4) is 0 Å². The highest BCUT2D eigenvalue weighted by Gasteiger charge is 1.98. The fraction of sp³-hybridized carbons (Fsp3) is 0.143. The molecule has 0 amide bonds. The molecule has 0 saturated heterocycles. The first-order chi connectivity index (χ1) is 7.74. The van der Waals surface area contributed by atoms with Crippen molar-refractivity contribution in [3.63, 3.8) is 0 Å². The summed E-state index contributed by atoms with van der Waals surface area (Å²) in [6.07, 6.45) is 0. The maximum absolute atomic E-state index is 13.1. The fourth-order valence-electron chi connectivity index (χ4n) is 1.67. The molecule has 0 fully saturated rings. The van der Waals surface area contributed by atoms with E-state index in [1.165, 1.54) is 6.07 Å². The maximum atomic E-state index is 13.1. The lowest BCUT2D eigenvalue weighted by Crippen LogP contribution is -1.99. The molecule has 2 rings (SSSR count). The summed E-state index contributed by atoms with van der Waals surface area (Å²) in [7, 11) is 0. The Morgan fingerprint density at radius 1 is 1.06 bits per heavy atom. The van der Waals surface area contributed by atoms with Crippen LogP contribution < -0.4 is 5.32 Å². The third-order valence-electron chi connectivity index (χ3n) is 2.37. The minimum atomic E-state index is -0.176. The van der Waals surface area contributed by atoms with E-state index < -0.39 is 0 Å². The number of aryl methyl sites for hydroxylation is 1. The molecule has 0 aliphatic rings. The number of benzene rings is 2. The highest BCUT2D eigenvalue weighted by atomic mass is 19.1. The molecule has 0 radical (unpaired) electrons. The number of halogens is 1. The molecule has 0 aromatic heterocycles. The lowest BCUT2D eigenvalue weighted by atomic mass is 10.1. The largest absolute Gasteiger partial charge is 0.381 e.